The summed E-state index contributed by atoms with van der Waals surface area (Å²) in [6.45, 7) is -0.110. The molecule has 1 heterocycles. The standard InChI is InChI=1S/C14H15NO4S/c16-14(13-6-8-19-11-13)10-15-20(17,18)9-7-12-4-2-1-3-5-12/h1-9,11,14-16H,10H2/b9-7+. The maximum atomic E-state index is 11.7. The minimum atomic E-state index is -3.59. The number of hydrogen-bond donors (Lipinski definition) is 2. The molecule has 106 valence electrons. The van der Waals surface area contributed by atoms with E-state index < -0.39 is 16.1 Å². The predicted octanol–water partition coefficient (Wildman–Crippen LogP) is 1.90. The van der Waals surface area contributed by atoms with Crippen LogP contribution in [0, 0.1) is 0 Å². The number of sulfonamides is 1. The van der Waals surface area contributed by atoms with Gasteiger partial charge in [0.2, 0.25) is 10.0 Å². The number of hydrogen-bond acceptors (Lipinski definition) is 4. The predicted molar refractivity (Wildman–Crippen MR) is 76.1 cm³/mol. The highest BCUT2D eigenvalue weighted by Gasteiger charge is 2.12. The first-order valence-corrected chi connectivity index (χ1v) is 7.54. The summed E-state index contributed by atoms with van der Waals surface area (Å²) in [6.07, 6.45) is 3.35. The van der Waals surface area contributed by atoms with Gasteiger partial charge in [-0.05, 0) is 17.7 Å². The van der Waals surface area contributed by atoms with Gasteiger partial charge in [0.25, 0.3) is 0 Å². The lowest BCUT2D eigenvalue weighted by Crippen LogP contribution is -2.26. The summed E-state index contributed by atoms with van der Waals surface area (Å²) in [5.41, 5.74) is 1.31. The molecular weight excluding hydrogens is 278 g/mol. The van der Waals surface area contributed by atoms with Crippen molar-refractivity contribution in [2.75, 3.05) is 6.54 Å². The third-order valence-electron chi connectivity index (χ3n) is 2.65. The van der Waals surface area contributed by atoms with Gasteiger partial charge in [-0.3, -0.25) is 0 Å². The van der Waals surface area contributed by atoms with Crippen molar-refractivity contribution in [1.29, 1.82) is 0 Å². The van der Waals surface area contributed by atoms with Crippen LogP contribution in [0.2, 0.25) is 0 Å². The van der Waals surface area contributed by atoms with Crippen LogP contribution in [0.5, 0.6) is 0 Å². The van der Waals surface area contributed by atoms with Gasteiger partial charge in [0.15, 0.2) is 0 Å². The molecule has 2 aromatic rings. The van der Waals surface area contributed by atoms with Crippen molar-refractivity contribution in [3.05, 3.63) is 65.5 Å². The Labute approximate surface area is 117 Å². The van der Waals surface area contributed by atoms with E-state index >= 15 is 0 Å². The van der Waals surface area contributed by atoms with Crippen LogP contribution in [0.1, 0.15) is 17.2 Å². The van der Waals surface area contributed by atoms with Crippen LogP contribution in [0.4, 0.5) is 0 Å². The van der Waals surface area contributed by atoms with Crippen LogP contribution >= 0.6 is 0 Å². The third kappa shape index (κ3) is 4.34. The lowest BCUT2D eigenvalue weighted by atomic mass is 10.2. The topological polar surface area (TPSA) is 79.5 Å². The molecule has 0 aliphatic carbocycles. The fraction of sp³-hybridized carbons (Fsp3) is 0.143. The molecule has 0 spiro atoms. The molecule has 2 N–H and O–H groups in total. The summed E-state index contributed by atoms with van der Waals surface area (Å²) in [4.78, 5) is 0. The van der Waals surface area contributed by atoms with E-state index in [1.807, 2.05) is 18.2 Å². The Morgan fingerprint density at radius 2 is 2.00 bits per heavy atom. The maximum Gasteiger partial charge on any atom is 0.233 e. The van der Waals surface area contributed by atoms with Crippen LogP contribution in [0.3, 0.4) is 0 Å². The van der Waals surface area contributed by atoms with E-state index in [4.69, 9.17) is 4.42 Å². The summed E-state index contributed by atoms with van der Waals surface area (Å²) in [6, 6.07) is 10.7. The maximum absolute atomic E-state index is 11.7. The molecule has 5 nitrogen and oxygen atoms in total. The minimum absolute atomic E-state index is 0.110. The normalized spacial score (nSPS) is 13.7. The van der Waals surface area contributed by atoms with Crippen molar-refractivity contribution in [2.45, 2.75) is 6.10 Å². The molecule has 1 aromatic carbocycles. The van der Waals surface area contributed by atoms with Gasteiger partial charge in [0.1, 0.15) is 0 Å². The average Bonchev–Trinajstić information content (AvgIpc) is 2.98. The molecule has 0 bridgehead atoms. The first-order chi connectivity index (χ1) is 9.57. The van der Waals surface area contributed by atoms with E-state index in [0.29, 0.717) is 5.56 Å². The first kappa shape index (κ1) is 14.5. The second kappa shape index (κ2) is 6.51. The van der Waals surface area contributed by atoms with Crippen LogP contribution in [-0.4, -0.2) is 20.1 Å². The fourth-order valence-electron chi connectivity index (χ4n) is 1.56. The van der Waals surface area contributed by atoms with Crippen molar-refractivity contribution in [3.63, 3.8) is 0 Å². The lowest BCUT2D eigenvalue weighted by molar-refractivity contribution is 0.181. The average molecular weight is 293 g/mol. The van der Waals surface area contributed by atoms with E-state index in [0.717, 1.165) is 11.0 Å². The van der Waals surface area contributed by atoms with Gasteiger partial charge in [-0.15, -0.1) is 0 Å². The zero-order valence-corrected chi connectivity index (χ0v) is 11.5. The molecule has 1 aromatic heterocycles. The van der Waals surface area contributed by atoms with Crippen LogP contribution in [0.25, 0.3) is 6.08 Å². The fourth-order valence-corrected chi connectivity index (χ4v) is 2.38. The number of furan rings is 1. The van der Waals surface area contributed by atoms with Gasteiger partial charge in [-0.25, -0.2) is 13.1 Å². The molecule has 20 heavy (non-hydrogen) atoms. The molecule has 1 unspecified atom stereocenters. The van der Waals surface area contributed by atoms with Crippen molar-refractivity contribution in [2.24, 2.45) is 0 Å². The molecule has 0 radical (unpaired) electrons. The largest absolute Gasteiger partial charge is 0.472 e. The third-order valence-corrected chi connectivity index (χ3v) is 3.71. The van der Waals surface area contributed by atoms with Crippen molar-refractivity contribution in [1.82, 2.24) is 4.72 Å². The number of aliphatic hydroxyl groups excluding tert-OH is 1. The molecule has 0 aliphatic rings. The van der Waals surface area contributed by atoms with E-state index in [1.54, 1.807) is 18.2 Å². The SMILES string of the molecule is O=S(=O)(/C=C/c1ccccc1)NCC(O)c1ccoc1. The Kier molecular flexibility index (Phi) is 4.73. The number of rotatable bonds is 6. The van der Waals surface area contributed by atoms with Gasteiger partial charge in [-0.2, -0.15) is 0 Å². The van der Waals surface area contributed by atoms with Gasteiger partial charge >= 0.3 is 0 Å². The van der Waals surface area contributed by atoms with Crippen molar-refractivity contribution in [3.8, 4) is 0 Å². The van der Waals surface area contributed by atoms with E-state index in [1.165, 1.54) is 18.6 Å². The van der Waals surface area contributed by atoms with Gasteiger partial charge < -0.3 is 9.52 Å². The van der Waals surface area contributed by atoms with E-state index in [2.05, 4.69) is 4.72 Å². The van der Waals surface area contributed by atoms with Crippen LogP contribution < -0.4 is 4.72 Å². The Morgan fingerprint density at radius 1 is 1.25 bits per heavy atom. The van der Waals surface area contributed by atoms with Gasteiger partial charge in [0.05, 0.1) is 18.6 Å². The summed E-state index contributed by atoms with van der Waals surface area (Å²) >= 11 is 0. The Bertz CT molecular complexity index is 648. The molecule has 0 saturated heterocycles. The number of aliphatic hydroxyl groups is 1. The molecule has 0 fully saturated rings. The summed E-state index contributed by atoms with van der Waals surface area (Å²) in [5.74, 6) is 0. The van der Waals surface area contributed by atoms with E-state index in [-0.39, 0.29) is 6.54 Å². The van der Waals surface area contributed by atoms with Gasteiger partial charge in [-0.1, -0.05) is 30.3 Å². The molecule has 0 saturated carbocycles. The second-order valence-electron chi connectivity index (χ2n) is 4.18. The Morgan fingerprint density at radius 3 is 2.65 bits per heavy atom. The minimum Gasteiger partial charge on any atom is -0.472 e. The smallest absolute Gasteiger partial charge is 0.233 e. The second-order valence-corrected chi connectivity index (χ2v) is 5.83. The number of nitrogens with one attached hydrogen (secondary N) is 1. The van der Waals surface area contributed by atoms with Crippen molar-refractivity contribution >= 4 is 16.1 Å². The molecule has 1 atom stereocenters. The summed E-state index contributed by atoms with van der Waals surface area (Å²) < 4.78 is 30.6. The Balaban J connectivity index is 1.93. The highest BCUT2D eigenvalue weighted by Crippen LogP contribution is 2.12. The highest BCUT2D eigenvalue weighted by molar-refractivity contribution is 7.92. The molecule has 6 heteroatoms. The quantitative estimate of drug-likeness (QED) is 0.852. The summed E-state index contributed by atoms with van der Waals surface area (Å²) in [7, 11) is -3.59. The van der Waals surface area contributed by atoms with E-state index in [9.17, 15) is 13.5 Å². The van der Waals surface area contributed by atoms with Crippen LogP contribution in [-0.2, 0) is 10.0 Å². The number of benzene rings is 1. The van der Waals surface area contributed by atoms with Crippen LogP contribution in [0.15, 0.2) is 58.7 Å². The molecule has 0 aliphatic heterocycles. The summed E-state index contributed by atoms with van der Waals surface area (Å²) in [5, 5.41) is 10.8. The molecule has 0 amide bonds. The zero-order valence-electron chi connectivity index (χ0n) is 10.6. The van der Waals surface area contributed by atoms with Gasteiger partial charge in [0, 0.05) is 17.5 Å². The lowest BCUT2D eigenvalue weighted by Gasteiger charge is -2.08. The van der Waals surface area contributed by atoms with Crippen molar-refractivity contribution < 1.29 is 17.9 Å². The molecule has 2 rings (SSSR count). The highest BCUT2D eigenvalue weighted by atomic mass is 32.2. The monoisotopic (exact) mass is 293 g/mol. The Hall–Kier alpha value is -1.89. The first-order valence-electron chi connectivity index (χ1n) is 6.00. The zero-order chi connectivity index (χ0) is 14.4. The molecular formula is C14H15NO4S.